The van der Waals surface area contributed by atoms with Crippen LogP contribution in [-0.2, 0) is 0 Å². The van der Waals surface area contributed by atoms with Crippen LogP contribution >= 0.6 is 0 Å². The number of nitrogens with zero attached hydrogens (tertiary/aromatic N) is 1. The minimum Gasteiger partial charge on any atom is -0.385 e. The van der Waals surface area contributed by atoms with Crippen molar-refractivity contribution < 1.29 is 0 Å². The zero-order valence-electron chi connectivity index (χ0n) is 9.26. The van der Waals surface area contributed by atoms with E-state index < -0.39 is 0 Å². The third-order valence-electron chi connectivity index (χ3n) is 2.46. The second kappa shape index (κ2) is 5.37. The number of rotatable bonds is 5. The van der Waals surface area contributed by atoms with E-state index in [9.17, 15) is 0 Å². The van der Waals surface area contributed by atoms with Gasteiger partial charge in [-0.3, -0.25) is 0 Å². The highest BCUT2D eigenvalue weighted by molar-refractivity contribution is 5.51. The molecule has 0 fully saturated rings. The Balaban J connectivity index is 2.08. The summed E-state index contributed by atoms with van der Waals surface area (Å²) in [5.41, 5.74) is 7.76. The first-order valence-corrected chi connectivity index (χ1v) is 5.57. The highest BCUT2D eigenvalue weighted by atomic mass is 14.9. The zero-order chi connectivity index (χ0) is 11.2. The number of nitrogens with two attached hydrogens (primary N) is 1. The minimum absolute atomic E-state index is 0.726. The van der Waals surface area contributed by atoms with Crippen LogP contribution in [0.5, 0.6) is 0 Å². The smallest absolute Gasteiger partial charge is 0.0469 e. The average molecular weight is 215 g/mol. The van der Waals surface area contributed by atoms with Gasteiger partial charge in [0.15, 0.2) is 0 Å². The van der Waals surface area contributed by atoms with E-state index in [0.29, 0.717) is 0 Å². The molecule has 3 nitrogen and oxygen atoms in total. The molecule has 1 aromatic carbocycles. The number of anilines is 1. The first-order chi connectivity index (χ1) is 7.90. The Kier molecular flexibility index (Phi) is 3.62. The van der Waals surface area contributed by atoms with Crippen LogP contribution in [0.15, 0.2) is 48.8 Å². The van der Waals surface area contributed by atoms with E-state index in [1.54, 1.807) is 0 Å². The van der Waals surface area contributed by atoms with E-state index in [1.165, 1.54) is 5.69 Å². The monoisotopic (exact) mass is 215 g/mol. The fourth-order valence-corrected chi connectivity index (χ4v) is 1.62. The van der Waals surface area contributed by atoms with Gasteiger partial charge >= 0.3 is 0 Å². The standard InChI is InChI=1S/C13H17N3/c14-7-4-8-15-12-5-3-6-13(11-12)16-9-1-2-10-16/h1-3,5-6,9-11,15H,4,7-8,14H2. The van der Waals surface area contributed by atoms with Gasteiger partial charge in [-0.2, -0.15) is 0 Å². The van der Waals surface area contributed by atoms with Crippen LogP contribution < -0.4 is 11.1 Å². The first-order valence-electron chi connectivity index (χ1n) is 5.57. The Morgan fingerprint density at radius 1 is 1.12 bits per heavy atom. The lowest BCUT2D eigenvalue weighted by Crippen LogP contribution is -2.08. The number of hydrogen-bond acceptors (Lipinski definition) is 2. The normalized spacial score (nSPS) is 10.3. The summed E-state index contributed by atoms with van der Waals surface area (Å²) in [6.07, 6.45) is 5.08. The molecule has 0 spiro atoms. The molecule has 0 atom stereocenters. The molecule has 84 valence electrons. The second-order valence-corrected chi connectivity index (χ2v) is 3.71. The summed E-state index contributed by atoms with van der Waals surface area (Å²) in [7, 11) is 0. The van der Waals surface area contributed by atoms with E-state index in [-0.39, 0.29) is 0 Å². The molecular weight excluding hydrogens is 198 g/mol. The lowest BCUT2D eigenvalue weighted by atomic mass is 10.2. The summed E-state index contributed by atoms with van der Waals surface area (Å²) in [6.45, 7) is 1.65. The topological polar surface area (TPSA) is 43.0 Å². The fraction of sp³-hybridized carbons (Fsp3) is 0.231. The Morgan fingerprint density at radius 3 is 2.69 bits per heavy atom. The van der Waals surface area contributed by atoms with Crippen LogP contribution in [-0.4, -0.2) is 17.7 Å². The fourth-order valence-electron chi connectivity index (χ4n) is 1.62. The Morgan fingerprint density at radius 2 is 1.94 bits per heavy atom. The molecule has 1 heterocycles. The van der Waals surface area contributed by atoms with Gasteiger partial charge in [0.2, 0.25) is 0 Å². The van der Waals surface area contributed by atoms with Crippen LogP contribution in [0.25, 0.3) is 5.69 Å². The number of benzene rings is 1. The third-order valence-corrected chi connectivity index (χ3v) is 2.46. The highest BCUT2D eigenvalue weighted by Gasteiger charge is 1.96. The Hall–Kier alpha value is -1.74. The maximum atomic E-state index is 5.46. The largest absolute Gasteiger partial charge is 0.385 e. The number of nitrogens with one attached hydrogen (secondary N) is 1. The maximum absolute atomic E-state index is 5.46. The van der Waals surface area contributed by atoms with Crippen molar-refractivity contribution in [2.45, 2.75) is 6.42 Å². The van der Waals surface area contributed by atoms with Gasteiger partial charge in [0.05, 0.1) is 0 Å². The quantitative estimate of drug-likeness (QED) is 0.751. The highest BCUT2D eigenvalue weighted by Crippen LogP contribution is 2.14. The summed E-state index contributed by atoms with van der Waals surface area (Å²) in [5, 5.41) is 3.35. The molecule has 2 aromatic rings. The molecule has 0 saturated carbocycles. The van der Waals surface area contributed by atoms with Crippen LogP contribution in [0.4, 0.5) is 5.69 Å². The van der Waals surface area contributed by atoms with Gasteiger partial charge in [-0.1, -0.05) is 6.07 Å². The maximum Gasteiger partial charge on any atom is 0.0469 e. The van der Waals surface area contributed by atoms with Gasteiger partial charge in [0.1, 0.15) is 0 Å². The van der Waals surface area contributed by atoms with E-state index in [4.69, 9.17) is 5.73 Å². The van der Waals surface area contributed by atoms with E-state index in [2.05, 4.69) is 34.1 Å². The molecule has 0 bridgehead atoms. The number of hydrogen-bond donors (Lipinski definition) is 2. The van der Waals surface area contributed by atoms with Gasteiger partial charge in [0.25, 0.3) is 0 Å². The minimum atomic E-state index is 0.726. The molecule has 2 rings (SSSR count). The summed E-state index contributed by atoms with van der Waals surface area (Å²) in [6, 6.07) is 12.4. The van der Waals surface area contributed by atoms with Gasteiger partial charge < -0.3 is 15.6 Å². The molecule has 0 aliphatic heterocycles. The lowest BCUT2D eigenvalue weighted by Gasteiger charge is -2.08. The van der Waals surface area contributed by atoms with Crippen molar-refractivity contribution in [1.29, 1.82) is 0 Å². The zero-order valence-corrected chi connectivity index (χ0v) is 9.26. The molecule has 0 unspecified atom stereocenters. The van der Waals surface area contributed by atoms with Crippen molar-refractivity contribution in [2.75, 3.05) is 18.4 Å². The molecule has 3 heteroatoms. The predicted molar refractivity (Wildman–Crippen MR) is 67.9 cm³/mol. The second-order valence-electron chi connectivity index (χ2n) is 3.71. The van der Waals surface area contributed by atoms with Crippen LogP contribution in [0.3, 0.4) is 0 Å². The molecule has 1 aromatic heterocycles. The van der Waals surface area contributed by atoms with E-state index in [0.717, 1.165) is 25.2 Å². The van der Waals surface area contributed by atoms with Crippen molar-refractivity contribution in [3.8, 4) is 5.69 Å². The Bertz CT molecular complexity index is 421. The van der Waals surface area contributed by atoms with Crippen LogP contribution in [0.1, 0.15) is 6.42 Å². The summed E-state index contributed by atoms with van der Waals surface area (Å²) in [5.74, 6) is 0. The molecule has 16 heavy (non-hydrogen) atoms. The van der Waals surface area contributed by atoms with Crippen LogP contribution in [0, 0.1) is 0 Å². The molecule has 0 radical (unpaired) electrons. The Labute approximate surface area is 95.9 Å². The van der Waals surface area contributed by atoms with Crippen molar-refractivity contribution in [3.63, 3.8) is 0 Å². The van der Waals surface area contributed by atoms with E-state index >= 15 is 0 Å². The summed E-state index contributed by atoms with van der Waals surface area (Å²) < 4.78 is 2.09. The molecule has 0 saturated heterocycles. The number of aromatic nitrogens is 1. The first kappa shape index (κ1) is 10.8. The van der Waals surface area contributed by atoms with Gasteiger partial charge in [0, 0.05) is 30.3 Å². The average Bonchev–Trinajstić information content (AvgIpc) is 2.83. The molecular formula is C13H17N3. The van der Waals surface area contributed by atoms with Crippen LogP contribution in [0.2, 0.25) is 0 Å². The van der Waals surface area contributed by atoms with Gasteiger partial charge in [-0.25, -0.2) is 0 Å². The van der Waals surface area contributed by atoms with Gasteiger partial charge in [-0.05, 0) is 43.3 Å². The molecule has 0 aliphatic carbocycles. The summed E-state index contributed by atoms with van der Waals surface area (Å²) in [4.78, 5) is 0. The van der Waals surface area contributed by atoms with Crippen molar-refractivity contribution >= 4 is 5.69 Å². The SMILES string of the molecule is NCCCNc1cccc(-n2cccc2)c1. The molecule has 0 amide bonds. The molecule has 0 aliphatic rings. The predicted octanol–water partition coefficient (Wildman–Crippen LogP) is 2.24. The van der Waals surface area contributed by atoms with Crippen molar-refractivity contribution in [2.24, 2.45) is 5.73 Å². The summed E-state index contributed by atoms with van der Waals surface area (Å²) >= 11 is 0. The molecule has 3 N–H and O–H groups in total. The third kappa shape index (κ3) is 2.64. The van der Waals surface area contributed by atoms with E-state index in [1.807, 2.05) is 24.5 Å². The van der Waals surface area contributed by atoms with Crippen molar-refractivity contribution in [1.82, 2.24) is 4.57 Å². The van der Waals surface area contributed by atoms with Crippen molar-refractivity contribution in [3.05, 3.63) is 48.8 Å². The lowest BCUT2D eigenvalue weighted by molar-refractivity contribution is 0.874. The van der Waals surface area contributed by atoms with Gasteiger partial charge in [-0.15, -0.1) is 0 Å².